The van der Waals surface area contributed by atoms with Crippen LogP contribution in [0.15, 0.2) is 48.5 Å². The molecule has 6 nitrogen and oxygen atoms in total. The minimum absolute atomic E-state index is 0.00433. The van der Waals surface area contributed by atoms with Gasteiger partial charge in [-0.3, -0.25) is 4.79 Å². The standard InChI is InChI=1S/C19H17F3N2O4/c20-18(21)28-13-7-5-12(6-8-13)23-15-4-2-1-3-14(15)16(25)24-10-9-19(22,11-24)17(26)27/h1-8,18,23H,9-11H2,(H,26,27). The number of carbonyl (C=O) groups excluding carboxylic acids is 1. The zero-order valence-corrected chi connectivity index (χ0v) is 14.6. The van der Waals surface area contributed by atoms with E-state index >= 15 is 0 Å². The van der Waals surface area contributed by atoms with Crippen molar-refractivity contribution in [3.8, 4) is 5.75 Å². The largest absolute Gasteiger partial charge is 0.479 e. The van der Waals surface area contributed by atoms with Crippen molar-refractivity contribution in [3.63, 3.8) is 0 Å². The van der Waals surface area contributed by atoms with Gasteiger partial charge in [0.2, 0.25) is 5.67 Å². The number of carboxylic acids is 1. The summed E-state index contributed by atoms with van der Waals surface area (Å²) in [4.78, 5) is 25.0. The Morgan fingerprint density at radius 3 is 2.43 bits per heavy atom. The third-order valence-corrected chi connectivity index (χ3v) is 4.41. The second kappa shape index (κ2) is 7.79. The van der Waals surface area contributed by atoms with E-state index in [2.05, 4.69) is 10.1 Å². The Kier molecular flexibility index (Phi) is 5.43. The maximum Gasteiger partial charge on any atom is 0.387 e. The van der Waals surface area contributed by atoms with Gasteiger partial charge in [-0.1, -0.05) is 12.1 Å². The van der Waals surface area contributed by atoms with Crippen LogP contribution in [0.4, 0.5) is 24.5 Å². The number of carbonyl (C=O) groups is 2. The summed E-state index contributed by atoms with van der Waals surface area (Å²) < 4.78 is 43.0. The minimum atomic E-state index is -2.92. The highest BCUT2D eigenvalue weighted by Crippen LogP contribution is 2.30. The highest BCUT2D eigenvalue weighted by Gasteiger charge is 2.47. The lowest BCUT2D eigenvalue weighted by Crippen LogP contribution is -2.39. The number of hydrogen-bond donors (Lipinski definition) is 2. The molecule has 1 atom stereocenters. The van der Waals surface area contributed by atoms with E-state index in [4.69, 9.17) is 5.11 Å². The van der Waals surface area contributed by atoms with Crippen molar-refractivity contribution in [1.29, 1.82) is 0 Å². The number of aliphatic carboxylic acids is 1. The Bertz CT molecular complexity index is 876. The number of nitrogens with one attached hydrogen (secondary N) is 1. The molecular formula is C19H17F3N2O4. The summed E-state index contributed by atoms with van der Waals surface area (Å²) in [5.74, 6) is -2.09. The highest BCUT2D eigenvalue weighted by atomic mass is 19.3. The molecule has 1 aliphatic heterocycles. The van der Waals surface area contributed by atoms with Gasteiger partial charge in [-0.15, -0.1) is 0 Å². The predicted molar refractivity (Wildman–Crippen MR) is 94.8 cm³/mol. The van der Waals surface area contributed by atoms with Gasteiger partial charge in [0.05, 0.1) is 17.8 Å². The van der Waals surface area contributed by atoms with Crippen molar-refractivity contribution in [3.05, 3.63) is 54.1 Å². The zero-order valence-electron chi connectivity index (χ0n) is 14.6. The van der Waals surface area contributed by atoms with E-state index < -0.39 is 30.7 Å². The fourth-order valence-corrected chi connectivity index (χ4v) is 2.94. The van der Waals surface area contributed by atoms with E-state index in [0.29, 0.717) is 11.4 Å². The van der Waals surface area contributed by atoms with Crippen LogP contribution in [0.5, 0.6) is 5.75 Å². The lowest BCUT2D eigenvalue weighted by atomic mass is 10.1. The van der Waals surface area contributed by atoms with Gasteiger partial charge in [0.25, 0.3) is 5.91 Å². The number of benzene rings is 2. The van der Waals surface area contributed by atoms with E-state index in [1.807, 2.05) is 0 Å². The third-order valence-electron chi connectivity index (χ3n) is 4.41. The van der Waals surface area contributed by atoms with Crippen LogP contribution in [0.25, 0.3) is 0 Å². The Morgan fingerprint density at radius 1 is 1.14 bits per heavy atom. The van der Waals surface area contributed by atoms with E-state index in [1.165, 1.54) is 30.3 Å². The third kappa shape index (κ3) is 4.19. The summed E-state index contributed by atoms with van der Waals surface area (Å²) in [5, 5.41) is 12.0. The molecule has 0 radical (unpaired) electrons. The normalized spacial score (nSPS) is 18.9. The van der Waals surface area contributed by atoms with Crippen LogP contribution in [0.1, 0.15) is 16.8 Å². The number of alkyl halides is 3. The van der Waals surface area contributed by atoms with Crippen molar-refractivity contribution in [2.45, 2.75) is 18.7 Å². The van der Waals surface area contributed by atoms with Crippen molar-refractivity contribution in [2.75, 3.05) is 18.4 Å². The maximum atomic E-state index is 14.3. The molecule has 3 rings (SSSR count). The van der Waals surface area contributed by atoms with Crippen LogP contribution in [-0.2, 0) is 4.79 Å². The highest BCUT2D eigenvalue weighted by molar-refractivity contribution is 6.01. The first-order valence-electron chi connectivity index (χ1n) is 8.41. The molecule has 0 bridgehead atoms. The number of likely N-dealkylation sites (tertiary alicyclic amines) is 1. The SMILES string of the molecule is O=C(c1ccccc1Nc1ccc(OC(F)F)cc1)N1CCC(F)(C(=O)O)C1. The Labute approximate surface area is 158 Å². The van der Waals surface area contributed by atoms with Gasteiger partial charge in [0.15, 0.2) is 0 Å². The predicted octanol–water partition coefficient (Wildman–Crippen LogP) is 3.67. The molecule has 2 aromatic carbocycles. The monoisotopic (exact) mass is 394 g/mol. The first-order chi connectivity index (χ1) is 13.3. The van der Waals surface area contributed by atoms with E-state index in [9.17, 15) is 22.8 Å². The fourth-order valence-electron chi connectivity index (χ4n) is 2.94. The molecule has 0 aromatic heterocycles. The van der Waals surface area contributed by atoms with Gasteiger partial charge < -0.3 is 20.1 Å². The molecule has 2 aromatic rings. The maximum absolute atomic E-state index is 14.3. The smallest absolute Gasteiger partial charge is 0.387 e. The van der Waals surface area contributed by atoms with Gasteiger partial charge in [-0.05, 0) is 36.4 Å². The lowest BCUT2D eigenvalue weighted by molar-refractivity contribution is -0.149. The minimum Gasteiger partial charge on any atom is -0.479 e. The van der Waals surface area contributed by atoms with Gasteiger partial charge in [0, 0.05) is 18.7 Å². The Balaban J connectivity index is 1.76. The van der Waals surface area contributed by atoms with E-state index in [0.717, 1.165) is 4.90 Å². The molecule has 148 valence electrons. The second-order valence-electron chi connectivity index (χ2n) is 6.32. The van der Waals surface area contributed by atoms with Crippen LogP contribution in [0.2, 0.25) is 0 Å². The molecule has 1 heterocycles. The number of rotatable bonds is 6. The van der Waals surface area contributed by atoms with Crippen molar-refractivity contribution < 1.29 is 32.6 Å². The molecule has 1 fully saturated rings. The lowest BCUT2D eigenvalue weighted by Gasteiger charge is -2.20. The molecule has 0 saturated carbocycles. The molecular weight excluding hydrogens is 377 g/mol. The van der Waals surface area contributed by atoms with E-state index in [-0.39, 0.29) is 24.3 Å². The summed E-state index contributed by atoms with van der Waals surface area (Å²) in [6.45, 7) is -3.45. The van der Waals surface area contributed by atoms with Crippen LogP contribution < -0.4 is 10.1 Å². The Morgan fingerprint density at radius 2 is 1.82 bits per heavy atom. The first kappa shape index (κ1) is 19.5. The van der Waals surface area contributed by atoms with Crippen molar-refractivity contribution in [1.82, 2.24) is 4.90 Å². The molecule has 1 amide bonds. The summed E-state index contributed by atoms with van der Waals surface area (Å²) in [6.07, 6.45) is -0.269. The average Bonchev–Trinajstić information content (AvgIpc) is 3.07. The molecule has 1 unspecified atom stereocenters. The Hall–Kier alpha value is -3.23. The van der Waals surface area contributed by atoms with Gasteiger partial charge in [0.1, 0.15) is 5.75 Å². The number of para-hydroxylation sites is 1. The number of halogens is 3. The van der Waals surface area contributed by atoms with Crippen LogP contribution in [0.3, 0.4) is 0 Å². The van der Waals surface area contributed by atoms with Crippen LogP contribution in [-0.4, -0.2) is 47.3 Å². The van der Waals surface area contributed by atoms with Crippen molar-refractivity contribution in [2.24, 2.45) is 0 Å². The fraction of sp³-hybridized carbons (Fsp3) is 0.263. The molecule has 1 saturated heterocycles. The van der Waals surface area contributed by atoms with E-state index in [1.54, 1.807) is 18.2 Å². The number of amides is 1. The molecule has 0 spiro atoms. The number of ether oxygens (including phenoxy) is 1. The van der Waals surface area contributed by atoms with Crippen LogP contribution in [0, 0.1) is 0 Å². The first-order valence-corrected chi connectivity index (χ1v) is 8.41. The average molecular weight is 394 g/mol. The summed E-state index contributed by atoms with van der Waals surface area (Å²) in [6, 6.07) is 12.2. The molecule has 0 aliphatic carbocycles. The molecule has 2 N–H and O–H groups in total. The second-order valence-corrected chi connectivity index (χ2v) is 6.32. The molecule has 1 aliphatic rings. The number of carboxylic acid groups (broad SMARTS) is 1. The zero-order chi connectivity index (χ0) is 20.3. The number of hydrogen-bond acceptors (Lipinski definition) is 4. The van der Waals surface area contributed by atoms with Crippen molar-refractivity contribution >= 4 is 23.3 Å². The number of nitrogens with zero attached hydrogens (tertiary/aromatic N) is 1. The number of anilines is 2. The van der Waals surface area contributed by atoms with Gasteiger partial charge in [-0.2, -0.15) is 8.78 Å². The molecule has 28 heavy (non-hydrogen) atoms. The van der Waals surface area contributed by atoms with Gasteiger partial charge in [-0.25, -0.2) is 9.18 Å². The van der Waals surface area contributed by atoms with Crippen LogP contribution >= 0.6 is 0 Å². The summed E-state index contributed by atoms with van der Waals surface area (Å²) >= 11 is 0. The topological polar surface area (TPSA) is 78.9 Å². The summed E-state index contributed by atoms with van der Waals surface area (Å²) in [5.41, 5.74) is -1.26. The van der Waals surface area contributed by atoms with Gasteiger partial charge >= 0.3 is 12.6 Å². The summed E-state index contributed by atoms with van der Waals surface area (Å²) in [7, 11) is 0. The quantitative estimate of drug-likeness (QED) is 0.782. The molecule has 9 heteroatoms.